The molecule has 3 rings (SSSR count). The fourth-order valence-corrected chi connectivity index (χ4v) is 2.28. The summed E-state index contributed by atoms with van der Waals surface area (Å²) in [6.07, 6.45) is 0. The lowest BCUT2D eigenvalue weighted by Crippen LogP contribution is -2.35. The number of benzene rings is 1. The van der Waals surface area contributed by atoms with Crippen LogP contribution in [0.3, 0.4) is 0 Å². The van der Waals surface area contributed by atoms with Crippen LogP contribution in [-0.2, 0) is 6.54 Å². The minimum Gasteiger partial charge on any atom is -0.459 e. The van der Waals surface area contributed by atoms with Gasteiger partial charge in [0.05, 0.1) is 13.1 Å². The number of fused-ring (bicyclic) bond motifs is 1. The van der Waals surface area contributed by atoms with E-state index in [1.54, 1.807) is 0 Å². The lowest BCUT2D eigenvalue weighted by Gasteiger charge is -2.14. The molecule has 0 fully saturated rings. The number of nitrogens with one attached hydrogen (secondary N) is 1. The number of nitrogens with zero attached hydrogens (tertiary/aromatic N) is 2. The zero-order chi connectivity index (χ0) is 12.5. The van der Waals surface area contributed by atoms with Gasteiger partial charge < -0.3 is 14.6 Å². The summed E-state index contributed by atoms with van der Waals surface area (Å²) in [5.74, 6) is 1.94. The van der Waals surface area contributed by atoms with E-state index in [-0.39, 0.29) is 24.0 Å². The first kappa shape index (κ1) is 14.2. The quantitative estimate of drug-likeness (QED) is 0.826. The molecule has 1 N–H and O–H groups in total. The Kier molecular flexibility index (Phi) is 4.34. The van der Waals surface area contributed by atoms with Crippen molar-refractivity contribution in [3.05, 3.63) is 35.6 Å². The molecule has 0 atom stereocenters. The van der Waals surface area contributed by atoms with Crippen molar-refractivity contribution < 1.29 is 4.42 Å². The van der Waals surface area contributed by atoms with E-state index in [0.29, 0.717) is 6.54 Å². The molecule has 0 radical (unpaired) electrons. The summed E-state index contributed by atoms with van der Waals surface area (Å²) in [6, 6.07) is 8.14. The molecule has 0 saturated heterocycles. The second-order valence-corrected chi connectivity index (χ2v) is 4.63. The molecule has 2 heterocycles. The fourth-order valence-electron chi connectivity index (χ4n) is 2.28. The summed E-state index contributed by atoms with van der Waals surface area (Å²) in [4.78, 5) is 6.53. The third-order valence-corrected chi connectivity index (χ3v) is 3.41. The van der Waals surface area contributed by atoms with Gasteiger partial charge in [-0.1, -0.05) is 18.2 Å². The van der Waals surface area contributed by atoms with Crippen LogP contribution in [0.2, 0.25) is 0 Å². The Hall–Kier alpha value is -1.24. The average Bonchev–Trinajstić information content (AvgIpc) is 2.92. The SMILES string of the molecule is Cc1c(CNC2=NCCN2C)oc2ccccc12.I. The van der Waals surface area contributed by atoms with Gasteiger partial charge in [0.15, 0.2) is 5.96 Å². The highest BCUT2D eigenvalue weighted by molar-refractivity contribution is 14.0. The second kappa shape index (κ2) is 5.81. The minimum absolute atomic E-state index is 0. The van der Waals surface area contributed by atoms with Crippen LogP contribution in [0.5, 0.6) is 0 Å². The van der Waals surface area contributed by atoms with Gasteiger partial charge in [0.1, 0.15) is 11.3 Å². The summed E-state index contributed by atoms with van der Waals surface area (Å²) in [6.45, 7) is 4.64. The number of aliphatic imine (C=N–C) groups is 1. The van der Waals surface area contributed by atoms with Gasteiger partial charge in [-0.05, 0) is 13.0 Å². The van der Waals surface area contributed by atoms with Crippen molar-refractivity contribution in [1.82, 2.24) is 10.2 Å². The zero-order valence-electron chi connectivity index (χ0n) is 11.1. The number of halogens is 1. The van der Waals surface area contributed by atoms with E-state index in [9.17, 15) is 0 Å². The molecule has 0 aliphatic carbocycles. The van der Waals surface area contributed by atoms with Gasteiger partial charge in [-0.25, -0.2) is 0 Å². The monoisotopic (exact) mass is 371 g/mol. The van der Waals surface area contributed by atoms with E-state index >= 15 is 0 Å². The smallest absolute Gasteiger partial charge is 0.194 e. The van der Waals surface area contributed by atoms with Crippen LogP contribution in [0.15, 0.2) is 33.7 Å². The maximum Gasteiger partial charge on any atom is 0.194 e. The van der Waals surface area contributed by atoms with Gasteiger partial charge in [-0.15, -0.1) is 24.0 Å². The molecule has 4 nitrogen and oxygen atoms in total. The highest BCUT2D eigenvalue weighted by atomic mass is 127. The number of aryl methyl sites for hydroxylation is 1. The van der Waals surface area contributed by atoms with Crippen LogP contribution < -0.4 is 5.32 Å². The molecular formula is C14H18IN3O. The van der Waals surface area contributed by atoms with Gasteiger partial charge in [0.25, 0.3) is 0 Å². The van der Waals surface area contributed by atoms with E-state index in [1.165, 1.54) is 10.9 Å². The minimum atomic E-state index is 0. The van der Waals surface area contributed by atoms with Gasteiger partial charge in [-0.2, -0.15) is 0 Å². The predicted molar refractivity (Wildman–Crippen MR) is 88.1 cm³/mol. The van der Waals surface area contributed by atoms with E-state index in [0.717, 1.165) is 30.4 Å². The molecular weight excluding hydrogens is 353 g/mol. The molecule has 0 saturated carbocycles. The lowest BCUT2D eigenvalue weighted by atomic mass is 10.1. The summed E-state index contributed by atoms with van der Waals surface area (Å²) >= 11 is 0. The second-order valence-electron chi connectivity index (χ2n) is 4.63. The number of guanidine groups is 1. The lowest BCUT2D eigenvalue weighted by molar-refractivity contribution is 0.506. The summed E-state index contributed by atoms with van der Waals surface area (Å²) in [7, 11) is 2.05. The van der Waals surface area contributed by atoms with E-state index in [2.05, 4.69) is 28.2 Å². The first-order chi connectivity index (χ1) is 8.75. The molecule has 1 aliphatic rings. The van der Waals surface area contributed by atoms with Gasteiger partial charge in [0, 0.05) is 24.5 Å². The van der Waals surface area contributed by atoms with Crippen LogP contribution in [0, 0.1) is 6.92 Å². The Labute approximate surface area is 129 Å². The van der Waals surface area contributed by atoms with Gasteiger partial charge in [-0.3, -0.25) is 4.99 Å². The van der Waals surface area contributed by atoms with Crippen LogP contribution in [0.25, 0.3) is 11.0 Å². The maximum atomic E-state index is 5.86. The van der Waals surface area contributed by atoms with Crippen molar-refractivity contribution in [2.24, 2.45) is 4.99 Å². The average molecular weight is 371 g/mol. The Morgan fingerprint density at radius 3 is 2.84 bits per heavy atom. The highest BCUT2D eigenvalue weighted by Crippen LogP contribution is 2.24. The molecule has 0 unspecified atom stereocenters. The van der Waals surface area contributed by atoms with Crippen molar-refractivity contribution in [3.63, 3.8) is 0 Å². The number of para-hydroxylation sites is 1. The first-order valence-electron chi connectivity index (χ1n) is 6.22. The van der Waals surface area contributed by atoms with Crippen LogP contribution in [-0.4, -0.2) is 31.0 Å². The Balaban J connectivity index is 0.00000133. The molecule has 19 heavy (non-hydrogen) atoms. The highest BCUT2D eigenvalue weighted by Gasteiger charge is 2.14. The van der Waals surface area contributed by atoms with Crippen molar-refractivity contribution in [2.75, 3.05) is 20.1 Å². The third-order valence-electron chi connectivity index (χ3n) is 3.41. The van der Waals surface area contributed by atoms with Crippen molar-refractivity contribution >= 4 is 40.9 Å². The third kappa shape index (κ3) is 2.70. The molecule has 0 bridgehead atoms. The Morgan fingerprint density at radius 2 is 2.16 bits per heavy atom. The number of likely N-dealkylation sites (N-methyl/N-ethyl adjacent to an activating group) is 1. The summed E-state index contributed by atoms with van der Waals surface area (Å²) in [5, 5.41) is 4.52. The molecule has 2 aromatic rings. The van der Waals surface area contributed by atoms with Gasteiger partial charge >= 0.3 is 0 Å². The molecule has 1 aromatic heterocycles. The standard InChI is InChI=1S/C14H17N3O.HI/c1-10-11-5-3-4-6-12(11)18-13(10)9-16-14-15-7-8-17(14)2;/h3-6H,7-9H2,1-2H3,(H,15,16);1H. The predicted octanol–water partition coefficient (Wildman–Crippen LogP) is 2.75. The van der Waals surface area contributed by atoms with Crippen molar-refractivity contribution in [2.45, 2.75) is 13.5 Å². The van der Waals surface area contributed by atoms with Crippen LogP contribution in [0.4, 0.5) is 0 Å². The zero-order valence-corrected chi connectivity index (χ0v) is 13.5. The van der Waals surface area contributed by atoms with E-state index in [4.69, 9.17) is 4.42 Å². The largest absolute Gasteiger partial charge is 0.459 e. The summed E-state index contributed by atoms with van der Waals surface area (Å²) in [5.41, 5.74) is 2.16. The molecule has 0 amide bonds. The molecule has 102 valence electrons. The van der Waals surface area contributed by atoms with E-state index < -0.39 is 0 Å². The topological polar surface area (TPSA) is 40.8 Å². The van der Waals surface area contributed by atoms with E-state index in [1.807, 2.05) is 25.2 Å². The molecule has 1 aliphatic heterocycles. The number of hydrogen-bond donors (Lipinski definition) is 1. The van der Waals surface area contributed by atoms with Crippen molar-refractivity contribution in [3.8, 4) is 0 Å². The Bertz CT molecular complexity index is 606. The molecule has 1 aromatic carbocycles. The Morgan fingerprint density at radius 1 is 1.37 bits per heavy atom. The fraction of sp³-hybridized carbons (Fsp3) is 0.357. The van der Waals surface area contributed by atoms with Crippen molar-refractivity contribution in [1.29, 1.82) is 0 Å². The van der Waals surface area contributed by atoms with Gasteiger partial charge in [0.2, 0.25) is 0 Å². The summed E-state index contributed by atoms with van der Waals surface area (Å²) < 4.78 is 5.86. The molecule has 0 spiro atoms. The maximum absolute atomic E-state index is 5.86. The first-order valence-corrected chi connectivity index (χ1v) is 6.22. The number of furan rings is 1. The number of hydrogen-bond acceptors (Lipinski definition) is 4. The van der Waals surface area contributed by atoms with Crippen LogP contribution >= 0.6 is 24.0 Å². The normalized spacial score (nSPS) is 14.4. The molecule has 5 heteroatoms. The number of rotatable bonds is 2. The van der Waals surface area contributed by atoms with Crippen LogP contribution in [0.1, 0.15) is 11.3 Å².